The maximum absolute atomic E-state index is 13.3. The van der Waals surface area contributed by atoms with Crippen LogP contribution in [0, 0.1) is 0 Å². The molecular weight excluding hydrogens is 537 g/mol. The highest BCUT2D eigenvalue weighted by Gasteiger charge is 2.54. The Kier molecular flexibility index (Phi) is 6.32. The van der Waals surface area contributed by atoms with Gasteiger partial charge in [0.05, 0.1) is 6.04 Å². The predicted molar refractivity (Wildman–Crippen MR) is 116 cm³/mol. The summed E-state index contributed by atoms with van der Waals surface area (Å²) in [6.45, 7) is 0. The number of carboxylic acid groups (broad SMARTS) is 1. The van der Waals surface area contributed by atoms with E-state index in [2.05, 4.69) is 25.7 Å². The number of nitrogen functional groups attached to an aromatic ring is 2. The molecule has 2 aliphatic rings. The molecule has 1 saturated heterocycles. The van der Waals surface area contributed by atoms with E-state index < -0.39 is 57.5 Å². The molecule has 0 aliphatic carbocycles. The Morgan fingerprint density at radius 3 is 2.51 bits per heavy atom. The number of nitrogens with two attached hydrogens (primary N) is 2. The maximum atomic E-state index is 13.3. The van der Waals surface area contributed by atoms with Crippen molar-refractivity contribution >= 4 is 68.2 Å². The number of carbonyl (C=O) groups excluding carboxylic acids is 2. The number of carboxylic acids is 1. The molecule has 1 unspecified atom stereocenters. The zero-order chi connectivity index (χ0) is 25.7. The Balaban J connectivity index is 1.55. The largest absolute Gasteiger partial charge is 0.477 e. The number of fused-ring (bicyclic) bond motifs is 1. The van der Waals surface area contributed by atoms with Crippen molar-refractivity contribution in [1.82, 2.24) is 25.4 Å². The van der Waals surface area contributed by atoms with Gasteiger partial charge in [-0.3, -0.25) is 14.5 Å². The molecular formula is C16H13F3N8O5S3. The van der Waals surface area contributed by atoms with Crippen molar-refractivity contribution in [3.8, 4) is 0 Å². The van der Waals surface area contributed by atoms with Crippen LogP contribution in [0.15, 0.2) is 20.1 Å². The topological polar surface area (TPSA) is 210 Å². The second-order valence-corrected chi connectivity index (χ2v) is 10.4. The summed E-state index contributed by atoms with van der Waals surface area (Å²) in [7, 11) is 0. The molecule has 7 N–H and O–H groups in total. The molecule has 2 aliphatic heterocycles. The number of amides is 2. The summed E-state index contributed by atoms with van der Waals surface area (Å²) in [6.07, 6.45) is -4.50. The Bertz CT molecular complexity index is 1290. The van der Waals surface area contributed by atoms with Crippen molar-refractivity contribution in [2.75, 3.05) is 11.5 Å². The number of nitrogens with one attached hydrogen (secondary N) is 1. The maximum Gasteiger partial charge on any atom is 0.427 e. The van der Waals surface area contributed by atoms with Crippen LogP contribution in [0.5, 0.6) is 0 Å². The van der Waals surface area contributed by atoms with Gasteiger partial charge in [-0.1, -0.05) is 39.6 Å². The minimum atomic E-state index is -4.93. The molecule has 186 valence electrons. The van der Waals surface area contributed by atoms with Crippen LogP contribution >= 0.6 is 34.4 Å². The third-order valence-electron chi connectivity index (χ3n) is 4.95. The molecule has 0 spiro atoms. The SMILES string of the molecule is Nc1nnc(SC2=C(C(=O)O)N3C(=O)[C@@H](NC(=O)/C(=N\O)c4nc(N)sc4C(F)(F)F)C3CC2)s1. The van der Waals surface area contributed by atoms with E-state index in [1.165, 1.54) is 0 Å². The summed E-state index contributed by atoms with van der Waals surface area (Å²) < 4.78 is 40.2. The second-order valence-electron chi connectivity index (χ2n) is 7.03. The van der Waals surface area contributed by atoms with E-state index in [9.17, 15) is 37.9 Å². The summed E-state index contributed by atoms with van der Waals surface area (Å²) in [5.74, 6) is -3.51. The van der Waals surface area contributed by atoms with E-state index in [4.69, 9.17) is 11.5 Å². The Morgan fingerprint density at radius 2 is 1.94 bits per heavy atom. The van der Waals surface area contributed by atoms with Crippen molar-refractivity contribution in [3.05, 3.63) is 21.2 Å². The summed E-state index contributed by atoms with van der Waals surface area (Å²) in [4.78, 5) is 40.7. The number of rotatable bonds is 6. The lowest BCUT2D eigenvalue weighted by Gasteiger charge is -2.49. The first kappa shape index (κ1) is 24.7. The molecule has 0 saturated carbocycles. The number of thioether (sulfide) groups is 1. The van der Waals surface area contributed by atoms with Gasteiger partial charge >= 0.3 is 12.1 Å². The van der Waals surface area contributed by atoms with Crippen LogP contribution in [-0.2, 0) is 20.6 Å². The minimum Gasteiger partial charge on any atom is -0.477 e. The van der Waals surface area contributed by atoms with Crippen LogP contribution in [0.4, 0.5) is 23.4 Å². The zero-order valence-electron chi connectivity index (χ0n) is 16.9. The Hall–Kier alpha value is -3.45. The van der Waals surface area contributed by atoms with Gasteiger partial charge in [0.1, 0.15) is 22.3 Å². The number of nitrogens with zero attached hydrogens (tertiary/aromatic N) is 5. The number of β-lactam (4-membered cyclic amide) rings is 1. The number of alkyl halides is 3. The highest BCUT2D eigenvalue weighted by molar-refractivity contribution is 8.04. The summed E-state index contributed by atoms with van der Waals surface area (Å²) in [6, 6.07) is -2.05. The quantitative estimate of drug-likeness (QED) is 0.148. The van der Waals surface area contributed by atoms with Gasteiger partial charge in [0, 0.05) is 4.91 Å². The fraction of sp³-hybridized carbons (Fsp3) is 0.312. The Morgan fingerprint density at radius 1 is 1.23 bits per heavy atom. The fourth-order valence-corrected chi connectivity index (χ4v) is 6.16. The van der Waals surface area contributed by atoms with Gasteiger partial charge in [-0.25, -0.2) is 9.78 Å². The number of oxime groups is 1. The molecule has 2 aromatic heterocycles. The monoisotopic (exact) mass is 550 g/mol. The van der Waals surface area contributed by atoms with Gasteiger partial charge in [0.2, 0.25) is 5.13 Å². The molecule has 2 atom stereocenters. The first-order valence-corrected chi connectivity index (χ1v) is 11.8. The molecule has 0 aromatic carbocycles. The number of hydrogen-bond donors (Lipinski definition) is 5. The molecule has 2 aromatic rings. The van der Waals surface area contributed by atoms with E-state index in [0.717, 1.165) is 28.0 Å². The van der Waals surface area contributed by atoms with Crippen LogP contribution in [-0.4, -0.2) is 66.0 Å². The number of aliphatic carboxylic acids is 1. The van der Waals surface area contributed by atoms with Gasteiger partial charge in [0.25, 0.3) is 11.8 Å². The lowest BCUT2D eigenvalue weighted by atomic mass is 9.86. The number of halogens is 3. The van der Waals surface area contributed by atoms with Gasteiger partial charge in [-0.05, 0) is 12.8 Å². The number of hydrogen-bond acceptors (Lipinski definition) is 13. The molecule has 0 bridgehead atoms. The van der Waals surface area contributed by atoms with E-state index in [0.29, 0.717) is 9.24 Å². The van der Waals surface area contributed by atoms with Crippen LogP contribution in [0.25, 0.3) is 0 Å². The van der Waals surface area contributed by atoms with Crippen molar-refractivity contribution in [2.24, 2.45) is 5.16 Å². The lowest BCUT2D eigenvalue weighted by molar-refractivity contribution is -0.155. The van der Waals surface area contributed by atoms with Crippen LogP contribution in [0.2, 0.25) is 0 Å². The summed E-state index contributed by atoms with van der Waals surface area (Å²) in [5, 5.41) is 30.9. The molecule has 1 fully saturated rings. The molecule has 13 nitrogen and oxygen atoms in total. The number of aromatic nitrogens is 3. The predicted octanol–water partition coefficient (Wildman–Crippen LogP) is 0.934. The first-order chi connectivity index (χ1) is 16.4. The first-order valence-electron chi connectivity index (χ1n) is 9.35. The molecule has 2 amide bonds. The summed E-state index contributed by atoms with van der Waals surface area (Å²) in [5.41, 5.74) is 8.47. The van der Waals surface area contributed by atoms with E-state index >= 15 is 0 Å². The van der Waals surface area contributed by atoms with Crippen LogP contribution in [0.3, 0.4) is 0 Å². The standard InChI is InChI=1S/C16H13F3N8O5S3/c17-16(18,19)9-6(23-13(20)34-9)7(26-32)10(28)22-5-3-1-2-4(33-15-25-24-14(21)35-15)8(12(30)31)27(3)11(5)29/h3,5,32H,1-2H2,(H2,20,23)(H2,21,24)(H,22,28)(H,30,31)/b26-7-/t3?,5-/m0/s1. The third-order valence-corrected chi connectivity index (χ3v) is 7.83. The van der Waals surface area contributed by atoms with Crippen LogP contribution < -0.4 is 16.8 Å². The lowest BCUT2D eigenvalue weighted by Crippen LogP contribution is -2.72. The molecule has 0 radical (unpaired) electrons. The van der Waals surface area contributed by atoms with Crippen molar-refractivity contribution in [1.29, 1.82) is 0 Å². The molecule has 4 rings (SSSR count). The van der Waals surface area contributed by atoms with Crippen molar-refractivity contribution < 1.29 is 37.9 Å². The number of thiazole rings is 1. The van der Waals surface area contributed by atoms with Gasteiger partial charge in [-0.2, -0.15) is 13.2 Å². The fourth-order valence-electron chi connectivity index (χ4n) is 3.59. The average Bonchev–Trinajstić information content (AvgIpc) is 3.37. The Labute approximate surface area is 204 Å². The van der Waals surface area contributed by atoms with E-state index in [-0.39, 0.29) is 35.0 Å². The van der Waals surface area contributed by atoms with E-state index in [1.54, 1.807) is 0 Å². The minimum absolute atomic E-state index is 0.0500. The number of carbonyl (C=O) groups is 3. The number of anilines is 2. The molecule has 19 heteroatoms. The number of allylic oxidation sites excluding steroid dienone is 1. The van der Waals surface area contributed by atoms with Gasteiger partial charge < -0.3 is 27.1 Å². The van der Waals surface area contributed by atoms with Crippen LogP contribution in [0.1, 0.15) is 23.4 Å². The molecule has 35 heavy (non-hydrogen) atoms. The normalized spacial score (nSPS) is 20.5. The van der Waals surface area contributed by atoms with Crippen molar-refractivity contribution in [2.45, 2.75) is 35.4 Å². The molecule has 4 heterocycles. The highest BCUT2D eigenvalue weighted by atomic mass is 32.2. The van der Waals surface area contributed by atoms with E-state index in [1.807, 2.05) is 0 Å². The smallest absolute Gasteiger partial charge is 0.427 e. The summed E-state index contributed by atoms with van der Waals surface area (Å²) >= 11 is 2.08. The zero-order valence-corrected chi connectivity index (χ0v) is 19.4. The second kappa shape index (κ2) is 8.96. The highest BCUT2D eigenvalue weighted by Crippen LogP contribution is 2.44. The van der Waals surface area contributed by atoms with Crippen molar-refractivity contribution in [3.63, 3.8) is 0 Å². The third kappa shape index (κ3) is 4.48. The average molecular weight is 551 g/mol. The van der Waals surface area contributed by atoms with Gasteiger partial charge in [-0.15, -0.1) is 10.2 Å². The van der Waals surface area contributed by atoms with Gasteiger partial charge in [0.15, 0.2) is 15.2 Å².